The van der Waals surface area contributed by atoms with Gasteiger partial charge in [0.15, 0.2) is 11.8 Å². The number of guanidine groups is 1. The lowest BCUT2D eigenvalue weighted by molar-refractivity contribution is -0.0772. The Morgan fingerprint density at radius 3 is 2.59 bits per heavy atom. The molecule has 3 heterocycles. The molecule has 0 atom stereocenters. The Morgan fingerprint density at radius 2 is 1.93 bits per heavy atom. The molecule has 7 nitrogen and oxygen atoms in total. The minimum Gasteiger partial charge on any atom is -0.372 e. The second-order valence-electron chi connectivity index (χ2n) is 8.23. The van der Waals surface area contributed by atoms with Gasteiger partial charge >= 0.3 is 0 Å². The quantitative estimate of drug-likeness (QED) is 0.400. The van der Waals surface area contributed by atoms with E-state index in [4.69, 9.17) is 9.73 Å². The number of nitrogens with one attached hydrogen (secondary N) is 1. The highest BCUT2D eigenvalue weighted by Crippen LogP contribution is 2.20. The third-order valence-electron chi connectivity index (χ3n) is 4.90. The van der Waals surface area contributed by atoms with Crippen molar-refractivity contribution in [1.82, 2.24) is 25.0 Å². The third kappa shape index (κ3) is 6.30. The summed E-state index contributed by atoms with van der Waals surface area (Å²) in [6, 6.07) is 0. The Kier molecular flexibility index (Phi) is 8.33. The van der Waals surface area contributed by atoms with Crippen LogP contribution in [0.2, 0.25) is 0 Å². The lowest BCUT2D eigenvalue weighted by Crippen LogP contribution is -2.48. The van der Waals surface area contributed by atoms with E-state index in [9.17, 15) is 0 Å². The van der Waals surface area contributed by atoms with Crippen LogP contribution in [0.15, 0.2) is 4.99 Å². The van der Waals surface area contributed by atoms with Crippen molar-refractivity contribution < 1.29 is 4.74 Å². The lowest BCUT2D eigenvalue weighted by atomic mass is 10.1. The number of hydrogen-bond donors (Lipinski definition) is 1. The molecule has 0 spiro atoms. The van der Waals surface area contributed by atoms with E-state index in [2.05, 4.69) is 52.7 Å². The van der Waals surface area contributed by atoms with E-state index in [-0.39, 0.29) is 29.6 Å². The van der Waals surface area contributed by atoms with Crippen LogP contribution in [0.4, 0.5) is 0 Å². The molecule has 1 saturated heterocycles. The number of aromatic nitrogens is 3. The summed E-state index contributed by atoms with van der Waals surface area (Å²) in [5, 5.41) is 12.1. The van der Waals surface area contributed by atoms with Crippen molar-refractivity contribution in [3.05, 3.63) is 11.6 Å². The number of nitrogens with zero attached hydrogens (tertiary/aromatic N) is 5. The van der Waals surface area contributed by atoms with Gasteiger partial charge in [-0.2, -0.15) is 0 Å². The van der Waals surface area contributed by atoms with Crippen molar-refractivity contribution in [3.63, 3.8) is 0 Å². The van der Waals surface area contributed by atoms with Gasteiger partial charge in [0.2, 0.25) is 0 Å². The van der Waals surface area contributed by atoms with Crippen LogP contribution < -0.4 is 5.32 Å². The fourth-order valence-corrected chi connectivity index (χ4v) is 3.74. The molecule has 1 fully saturated rings. The van der Waals surface area contributed by atoms with Crippen LogP contribution in [0.1, 0.15) is 65.0 Å². The van der Waals surface area contributed by atoms with Gasteiger partial charge in [-0.1, -0.05) is 0 Å². The van der Waals surface area contributed by atoms with Gasteiger partial charge in [0.25, 0.3) is 0 Å². The topological polar surface area (TPSA) is 67.6 Å². The average molecular weight is 490 g/mol. The molecule has 27 heavy (non-hydrogen) atoms. The fourth-order valence-electron chi connectivity index (χ4n) is 3.74. The Balaban J connectivity index is 0.00000261. The summed E-state index contributed by atoms with van der Waals surface area (Å²) in [5.41, 5.74) is -0.0712. The Bertz CT molecular complexity index is 616. The summed E-state index contributed by atoms with van der Waals surface area (Å²) < 4.78 is 8.39. The maximum absolute atomic E-state index is 6.14. The molecule has 1 aromatic heterocycles. The van der Waals surface area contributed by atoms with Gasteiger partial charge in [0, 0.05) is 32.6 Å². The minimum atomic E-state index is -0.0712. The molecule has 8 heteroatoms. The smallest absolute Gasteiger partial charge is 0.194 e. The lowest BCUT2D eigenvalue weighted by Gasteiger charge is -2.37. The molecule has 2 aliphatic rings. The van der Waals surface area contributed by atoms with E-state index >= 15 is 0 Å². The number of hydrogen-bond acceptors (Lipinski definition) is 4. The van der Waals surface area contributed by atoms with Gasteiger partial charge in [-0.05, 0) is 53.4 Å². The summed E-state index contributed by atoms with van der Waals surface area (Å²) in [5.74, 6) is 3.09. The maximum Gasteiger partial charge on any atom is 0.194 e. The van der Waals surface area contributed by atoms with Crippen LogP contribution in [0.5, 0.6) is 0 Å². The van der Waals surface area contributed by atoms with Crippen LogP contribution in [-0.4, -0.2) is 57.0 Å². The zero-order valence-electron chi connectivity index (χ0n) is 17.2. The molecule has 1 N–H and O–H groups in total. The molecule has 2 aliphatic heterocycles. The molecule has 0 aliphatic carbocycles. The van der Waals surface area contributed by atoms with Gasteiger partial charge in [-0.3, -0.25) is 0 Å². The number of aryl methyl sites for hydroxylation is 1. The first-order chi connectivity index (χ1) is 12.5. The average Bonchev–Trinajstić information content (AvgIpc) is 3.01. The Hall–Kier alpha value is -0.900. The molecule has 154 valence electrons. The van der Waals surface area contributed by atoms with Crippen molar-refractivity contribution in [3.8, 4) is 0 Å². The molecular weight excluding hydrogens is 455 g/mol. The SMILES string of the molecule is CCNC(=NCc1nnc2n1CCCC2)N1CCC(OC(C)(C)C)CC1.I. The van der Waals surface area contributed by atoms with Gasteiger partial charge in [-0.25, -0.2) is 4.99 Å². The van der Waals surface area contributed by atoms with Gasteiger partial charge in [0.1, 0.15) is 12.4 Å². The summed E-state index contributed by atoms with van der Waals surface area (Å²) in [7, 11) is 0. The van der Waals surface area contributed by atoms with Crippen LogP contribution in [0, 0.1) is 0 Å². The van der Waals surface area contributed by atoms with Crippen molar-refractivity contribution in [2.24, 2.45) is 4.99 Å². The maximum atomic E-state index is 6.14. The van der Waals surface area contributed by atoms with Crippen molar-refractivity contribution in [1.29, 1.82) is 0 Å². The van der Waals surface area contributed by atoms with Gasteiger partial charge < -0.3 is 19.5 Å². The molecular formula is C19H35IN6O. The van der Waals surface area contributed by atoms with Crippen LogP contribution in [-0.2, 0) is 24.2 Å². The zero-order chi connectivity index (χ0) is 18.6. The minimum absolute atomic E-state index is 0. The summed E-state index contributed by atoms with van der Waals surface area (Å²) >= 11 is 0. The number of ether oxygens (including phenoxy) is 1. The second-order valence-corrected chi connectivity index (χ2v) is 8.23. The van der Waals surface area contributed by atoms with E-state index in [1.807, 2.05) is 0 Å². The molecule has 0 amide bonds. The summed E-state index contributed by atoms with van der Waals surface area (Å²) in [6.45, 7) is 12.9. The van der Waals surface area contributed by atoms with Crippen molar-refractivity contribution in [2.45, 2.75) is 84.6 Å². The Morgan fingerprint density at radius 1 is 1.19 bits per heavy atom. The van der Waals surface area contributed by atoms with Crippen LogP contribution >= 0.6 is 24.0 Å². The standard InChI is InChI=1S/C19H34N6O.HI/c1-5-20-18(24-12-9-15(10-13-24)26-19(2,3)4)21-14-17-23-22-16-8-6-7-11-25(16)17;/h15H,5-14H2,1-4H3,(H,20,21);1H. The number of likely N-dealkylation sites (tertiary alicyclic amines) is 1. The van der Waals surface area contributed by atoms with E-state index < -0.39 is 0 Å². The van der Waals surface area contributed by atoms with Crippen molar-refractivity contribution >= 4 is 29.9 Å². The highest BCUT2D eigenvalue weighted by atomic mass is 127. The largest absolute Gasteiger partial charge is 0.372 e. The summed E-state index contributed by atoms with van der Waals surface area (Å²) in [6.07, 6.45) is 5.90. The Labute approximate surface area is 180 Å². The number of fused-ring (bicyclic) bond motifs is 1. The number of halogens is 1. The number of aliphatic imine (C=N–C) groups is 1. The van der Waals surface area contributed by atoms with Gasteiger partial charge in [0.05, 0.1) is 11.7 Å². The highest BCUT2D eigenvalue weighted by Gasteiger charge is 2.25. The van der Waals surface area contributed by atoms with Gasteiger partial charge in [-0.15, -0.1) is 34.2 Å². The highest BCUT2D eigenvalue weighted by molar-refractivity contribution is 14.0. The predicted molar refractivity (Wildman–Crippen MR) is 119 cm³/mol. The fraction of sp³-hybridized carbons (Fsp3) is 0.842. The van der Waals surface area contributed by atoms with E-state index in [0.717, 1.165) is 63.0 Å². The molecule has 0 unspecified atom stereocenters. The molecule has 0 radical (unpaired) electrons. The van der Waals surface area contributed by atoms with Crippen molar-refractivity contribution in [2.75, 3.05) is 19.6 Å². The van der Waals surface area contributed by atoms with E-state index in [0.29, 0.717) is 12.6 Å². The first kappa shape index (κ1) is 22.4. The first-order valence-electron chi connectivity index (χ1n) is 10.1. The zero-order valence-corrected chi connectivity index (χ0v) is 19.5. The number of rotatable bonds is 4. The molecule has 0 bridgehead atoms. The first-order valence-corrected chi connectivity index (χ1v) is 10.1. The molecule has 1 aromatic rings. The monoisotopic (exact) mass is 490 g/mol. The molecule has 3 rings (SSSR count). The molecule has 0 aromatic carbocycles. The van der Waals surface area contributed by atoms with Crippen LogP contribution in [0.25, 0.3) is 0 Å². The van der Waals surface area contributed by atoms with E-state index in [1.54, 1.807) is 0 Å². The second kappa shape index (κ2) is 10.0. The summed E-state index contributed by atoms with van der Waals surface area (Å²) in [4.78, 5) is 7.20. The normalized spacial score (nSPS) is 18.8. The number of piperidine rings is 1. The molecule has 0 saturated carbocycles. The van der Waals surface area contributed by atoms with Crippen LogP contribution in [0.3, 0.4) is 0 Å². The predicted octanol–water partition coefficient (Wildman–Crippen LogP) is 2.98. The third-order valence-corrected chi connectivity index (χ3v) is 4.90. The van der Waals surface area contributed by atoms with E-state index in [1.165, 1.54) is 12.8 Å².